The third kappa shape index (κ3) is 5.26. The summed E-state index contributed by atoms with van der Waals surface area (Å²) < 4.78 is 10.9. The second-order valence-electron chi connectivity index (χ2n) is 7.41. The summed E-state index contributed by atoms with van der Waals surface area (Å²) >= 11 is 0. The van der Waals surface area contributed by atoms with E-state index in [1.807, 2.05) is 0 Å². The molecule has 4 N–H and O–H groups in total. The monoisotopic (exact) mass is 437 g/mol. The van der Waals surface area contributed by atoms with Gasteiger partial charge in [-0.15, -0.1) is 5.10 Å². The molecular weight excluding hydrogens is 410 g/mol. The Morgan fingerprint density at radius 3 is 2.62 bits per heavy atom. The molecule has 8 nitrogen and oxygen atoms in total. The van der Waals surface area contributed by atoms with Crippen molar-refractivity contribution in [1.29, 1.82) is 0 Å². The van der Waals surface area contributed by atoms with Gasteiger partial charge in [0.25, 0.3) is 11.8 Å². The van der Waals surface area contributed by atoms with E-state index in [0.717, 1.165) is 37.7 Å². The first kappa shape index (κ1) is 22.9. The van der Waals surface area contributed by atoms with E-state index >= 15 is 0 Å². The molecule has 168 valence electrons. The van der Waals surface area contributed by atoms with Gasteiger partial charge in [0.1, 0.15) is 22.6 Å². The van der Waals surface area contributed by atoms with Crippen molar-refractivity contribution < 1.29 is 23.8 Å². The van der Waals surface area contributed by atoms with E-state index in [9.17, 15) is 14.7 Å². The summed E-state index contributed by atoms with van der Waals surface area (Å²) in [5, 5.41) is 14.9. The molecular formula is C24H27N3O5. The summed E-state index contributed by atoms with van der Waals surface area (Å²) in [6.45, 7) is 2.14. The molecule has 2 aromatic carbocycles. The topological polar surface area (TPSA) is 127 Å². The van der Waals surface area contributed by atoms with E-state index in [0.29, 0.717) is 16.7 Å². The zero-order valence-electron chi connectivity index (χ0n) is 18.2. The molecule has 0 aliphatic carbocycles. The molecule has 2 amide bonds. The predicted molar refractivity (Wildman–Crippen MR) is 120 cm³/mol. The van der Waals surface area contributed by atoms with Crippen molar-refractivity contribution in [3.63, 3.8) is 0 Å². The maximum Gasteiger partial charge on any atom is 0.275 e. The lowest BCUT2D eigenvalue weighted by Crippen LogP contribution is -2.27. The molecule has 0 saturated carbocycles. The number of hydrogen-bond donors (Lipinski definition) is 3. The average Bonchev–Trinajstić information content (AvgIpc) is 2.79. The lowest BCUT2D eigenvalue weighted by atomic mass is 10.0. The molecule has 0 bridgehead atoms. The Hall–Kier alpha value is -3.81. The fourth-order valence-electron chi connectivity index (χ4n) is 3.41. The molecule has 1 aromatic heterocycles. The third-order valence-corrected chi connectivity index (χ3v) is 5.12. The second-order valence-corrected chi connectivity index (χ2v) is 7.41. The van der Waals surface area contributed by atoms with Crippen LogP contribution in [0.15, 0.2) is 52.0 Å². The number of aryl methyl sites for hydroxylation is 1. The van der Waals surface area contributed by atoms with Gasteiger partial charge in [-0.05, 0) is 42.7 Å². The van der Waals surface area contributed by atoms with E-state index in [1.54, 1.807) is 36.4 Å². The first-order valence-corrected chi connectivity index (χ1v) is 10.5. The number of carbonyl (C=O) groups is 2. The quantitative estimate of drug-likeness (QED) is 0.348. The number of benzene rings is 2. The molecule has 0 radical (unpaired) electrons. The Kier molecular flexibility index (Phi) is 7.49. The highest BCUT2D eigenvalue weighted by molar-refractivity contribution is 5.97. The number of fused-ring (bicyclic) bond motifs is 1. The van der Waals surface area contributed by atoms with Gasteiger partial charge in [-0.25, -0.2) is 5.43 Å². The molecule has 3 aromatic rings. The number of methoxy groups -OCH3 is 1. The van der Waals surface area contributed by atoms with E-state index in [4.69, 9.17) is 14.9 Å². The number of unbranched alkanes of at least 4 members (excludes halogenated alkanes) is 3. The highest BCUT2D eigenvalue weighted by Crippen LogP contribution is 2.26. The van der Waals surface area contributed by atoms with E-state index in [2.05, 4.69) is 17.5 Å². The number of carbonyl (C=O) groups excluding carboxylic acids is 2. The van der Waals surface area contributed by atoms with Gasteiger partial charge in [0, 0.05) is 11.5 Å². The number of amides is 2. The maximum atomic E-state index is 12.5. The van der Waals surface area contributed by atoms with Crippen molar-refractivity contribution in [3.8, 4) is 11.5 Å². The van der Waals surface area contributed by atoms with Crippen LogP contribution in [0.5, 0.6) is 11.5 Å². The molecule has 0 saturated heterocycles. The van der Waals surface area contributed by atoms with Crippen LogP contribution in [0.2, 0.25) is 0 Å². The van der Waals surface area contributed by atoms with Crippen LogP contribution in [-0.4, -0.2) is 24.0 Å². The summed E-state index contributed by atoms with van der Waals surface area (Å²) in [5.74, 6) is -0.812. The number of rotatable bonds is 9. The minimum Gasteiger partial charge on any atom is -0.508 e. The summed E-state index contributed by atoms with van der Waals surface area (Å²) in [6, 6.07) is 11.5. The normalized spacial score (nSPS) is 11.5. The zero-order chi connectivity index (χ0) is 23.1. The van der Waals surface area contributed by atoms with Crippen LogP contribution in [0.4, 0.5) is 0 Å². The van der Waals surface area contributed by atoms with Crippen LogP contribution in [0.25, 0.3) is 11.0 Å². The van der Waals surface area contributed by atoms with Gasteiger partial charge < -0.3 is 20.0 Å². The molecule has 0 atom stereocenters. The first-order chi connectivity index (χ1) is 15.4. The van der Waals surface area contributed by atoms with Crippen molar-refractivity contribution in [2.75, 3.05) is 7.11 Å². The summed E-state index contributed by atoms with van der Waals surface area (Å²) in [7, 11) is 1.46. The molecule has 32 heavy (non-hydrogen) atoms. The van der Waals surface area contributed by atoms with Gasteiger partial charge in [-0.3, -0.25) is 9.59 Å². The molecule has 8 heteroatoms. The Balaban J connectivity index is 1.95. The number of aromatic hydroxyl groups is 1. The number of nitrogens with two attached hydrogens (primary N) is 1. The van der Waals surface area contributed by atoms with Crippen molar-refractivity contribution >= 4 is 22.8 Å². The zero-order valence-corrected chi connectivity index (χ0v) is 18.2. The second kappa shape index (κ2) is 10.5. The van der Waals surface area contributed by atoms with Crippen molar-refractivity contribution in [3.05, 3.63) is 64.7 Å². The number of para-hydroxylation sites is 1. The number of ether oxygens (including phenoxy) is 1. The Morgan fingerprint density at radius 1 is 1.12 bits per heavy atom. The Labute approximate surface area is 185 Å². The van der Waals surface area contributed by atoms with Crippen LogP contribution in [0, 0.1) is 0 Å². The lowest BCUT2D eigenvalue weighted by molar-refractivity contribution is 0.0943. The minimum absolute atomic E-state index is 0.0143. The van der Waals surface area contributed by atoms with Crippen LogP contribution in [-0.2, 0) is 6.42 Å². The SMILES string of the molecule is CCCCCCc1cc2cc(C(N)=O)/c(=N\NC(=O)c3ccccc3OC)oc2cc1O. The lowest BCUT2D eigenvalue weighted by Gasteiger charge is -2.08. The maximum absolute atomic E-state index is 12.5. The van der Waals surface area contributed by atoms with Crippen LogP contribution < -0.4 is 21.5 Å². The molecule has 3 rings (SSSR count). The van der Waals surface area contributed by atoms with Gasteiger partial charge in [0.2, 0.25) is 5.55 Å². The third-order valence-electron chi connectivity index (χ3n) is 5.12. The number of nitrogens with zero attached hydrogens (tertiary/aromatic N) is 1. The summed E-state index contributed by atoms with van der Waals surface area (Å²) in [6.07, 6.45) is 5.02. The first-order valence-electron chi connectivity index (χ1n) is 10.5. The highest BCUT2D eigenvalue weighted by atomic mass is 16.5. The van der Waals surface area contributed by atoms with Crippen molar-refractivity contribution in [1.82, 2.24) is 5.43 Å². The highest BCUT2D eigenvalue weighted by Gasteiger charge is 2.14. The van der Waals surface area contributed by atoms with Crippen molar-refractivity contribution in [2.24, 2.45) is 10.8 Å². The molecule has 0 aliphatic rings. The van der Waals surface area contributed by atoms with Crippen molar-refractivity contribution in [2.45, 2.75) is 39.0 Å². The van der Waals surface area contributed by atoms with Gasteiger partial charge in [0.15, 0.2) is 0 Å². The van der Waals surface area contributed by atoms with Gasteiger partial charge in [0.05, 0.1) is 12.7 Å². The fraction of sp³-hybridized carbons (Fsp3) is 0.292. The summed E-state index contributed by atoms with van der Waals surface area (Å²) in [5.41, 5.74) is 9.07. The largest absolute Gasteiger partial charge is 0.508 e. The molecule has 1 heterocycles. The number of nitrogens with one attached hydrogen (secondary N) is 1. The van der Waals surface area contributed by atoms with Crippen LogP contribution in [0.1, 0.15) is 58.9 Å². The average molecular weight is 437 g/mol. The van der Waals surface area contributed by atoms with Crippen LogP contribution in [0.3, 0.4) is 0 Å². The van der Waals surface area contributed by atoms with E-state index in [-0.39, 0.29) is 22.4 Å². The smallest absolute Gasteiger partial charge is 0.275 e. The van der Waals surface area contributed by atoms with Crippen LogP contribution >= 0.6 is 0 Å². The standard InChI is InChI=1S/C24H27N3O5/c1-3-4-5-6-9-15-12-16-13-18(22(25)29)24(32-21(16)14-19(15)28)27-26-23(30)17-10-7-8-11-20(17)31-2/h7-8,10-14,28H,3-6,9H2,1-2H3,(H2,25,29)(H,26,30)/b27-24+. The molecule has 0 unspecified atom stereocenters. The number of phenolic OH excluding ortho intramolecular Hbond substituents is 1. The Bertz CT molecular complexity index is 1200. The van der Waals surface area contributed by atoms with E-state index in [1.165, 1.54) is 13.2 Å². The van der Waals surface area contributed by atoms with Gasteiger partial charge in [-0.1, -0.05) is 38.3 Å². The minimum atomic E-state index is -0.751. The molecule has 0 spiro atoms. The van der Waals surface area contributed by atoms with E-state index < -0.39 is 11.8 Å². The molecule has 0 aliphatic heterocycles. The number of hydrogen-bond acceptors (Lipinski definition) is 6. The number of primary amides is 1. The predicted octanol–water partition coefficient (Wildman–Crippen LogP) is 3.61. The molecule has 0 fully saturated rings. The summed E-state index contributed by atoms with van der Waals surface area (Å²) in [4.78, 5) is 24.5. The fourth-order valence-corrected chi connectivity index (χ4v) is 3.41. The number of phenols is 1. The van der Waals surface area contributed by atoms with Gasteiger partial charge in [-0.2, -0.15) is 0 Å². The van der Waals surface area contributed by atoms with Gasteiger partial charge >= 0.3 is 0 Å². The Morgan fingerprint density at radius 2 is 1.91 bits per heavy atom.